The van der Waals surface area contributed by atoms with Gasteiger partial charge in [-0.2, -0.15) is 27.8 Å². The standard InChI is InChI=1S/C21H25F3N8/c22-21(23,24)18-9-17(29-20-27-14-28-32(18)20)16-5-4-6-30(13-16)12-15-10-25-19(26-11-15)31-7-2-1-3-8-31/h9-11,14,16H,1-8,12-13H2. The highest BCUT2D eigenvalue weighted by Gasteiger charge is 2.36. The van der Waals surface area contributed by atoms with Crippen molar-refractivity contribution >= 4 is 11.7 Å². The van der Waals surface area contributed by atoms with E-state index in [1.165, 1.54) is 19.3 Å². The van der Waals surface area contributed by atoms with Gasteiger partial charge in [0.1, 0.15) is 6.33 Å². The summed E-state index contributed by atoms with van der Waals surface area (Å²) in [5.41, 5.74) is 0.580. The van der Waals surface area contributed by atoms with Crippen LogP contribution < -0.4 is 4.90 Å². The first-order chi connectivity index (χ1) is 15.5. The Morgan fingerprint density at radius 3 is 2.50 bits per heavy atom. The van der Waals surface area contributed by atoms with E-state index in [0.717, 1.165) is 60.9 Å². The highest BCUT2D eigenvalue weighted by atomic mass is 19.4. The SMILES string of the molecule is FC(F)(F)c1cc(C2CCCN(Cc3cnc(N4CCCCC4)nc3)C2)nc2ncnn12. The van der Waals surface area contributed by atoms with E-state index in [2.05, 4.69) is 34.8 Å². The maximum absolute atomic E-state index is 13.5. The van der Waals surface area contributed by atoms with Crippen LogP contribution in [-0.2, 0) is 12.7 Å². The lowest BCUT2D eigenvalue weighted by Gasteiger charge is -2.32. The predicted molar refractivity (Wildman–Crippen MR) is 111 cm³/mol. The molecule has 5 rings (SSSR count). The van der Waals surface area contributed by atoms with Gasteiger partial charge in [0, 0.05) is 50.1 Å². The number of alkyl halides is 3. The number of hydrogen-bond acceptors (Lipinski definition) is 7. The second-order valence-electron chi connectivity index (χ2n) is 8.55. The fourth-order valence-corrected chi connectivity index (χ4v) is 4.63. The number of nitrogens with zero attached hydrogens (tertiary/aromatic N) is 8. The summed E-state index contributed by atoms with van der Waals surface area (Å²) < 4.78 is 41.3. The van der Waals surface area contributed by atoms with Gasteiger partial charge in [0.25, 0.3) is 5.78 Å². The van der Waals surface area contributed by atoms with Gasteiger partial charge in [-0.3, -0.25) is 4.90 Å². The van der Waals surface area contributed by atoms with Crippen molar-refractivity contribution in [3.63, 3.8) is 0 Å². The first kappa shape index (κ1) is 21.0. The van der Waals surface area contributed by atoms with Crippen molar-refractivity contribution in [1.82, 2.24) is 34.4 Å². The van der Waals surface area contributed by atoms with E-state index in [9.17, 15) is 13.2 Å². The molecule has 5 heterocycles. The highest BCUT2D eigenvalue weighted by Crippen LogP contribution is 2.33. The van der Waals surface area contributed by atoms with E-state index < -0.39 is 11.9 Å². The Labute approximate surface area is 183 Å². The zero-order chi connectivity index (χ0) is 22.1. The number of halogens is 3. The summed E-state index contributed by atoms with van der Waals surface area (Å²) in [6.45, 7) is 4.16. The molecule has 1 atom stereocenters. The molecule has 2 fully saturated rings. The third kappa shape index (κ3) is 4.38. The second kappa shape index (κ2) is 8.61. The van der Waals surface area contributed by atoms with Crippen LogP contribution in [0.15, 0.2) is 24.8 Å². The molecular weight excluding hydrogens is 421 g/mol. The molecule has 0 saturated carbocycles. The van der Waals surface area contributed by atoms with Gasteiger partial charge in [0.05, 0.1) is 5.69 Å². The van der Waals surface area contributed by atoms with Crippen LogP contribution in [0, 0.1) is 0 Å². The molecule has 0 radical (unpaired) electrons. The van der Waals surface area contributed by atoms with E-state index in [0.29, 0.717) is 18.8 Å². The fraction of sp³-hybridized carbons (Fsp3) is 0.571. The molecule has 2 aliphatic heterocycles. The summed E-state index contributed by atoms with van der Waals surface area (Å²) in [5, 5.41) is 3.68. The normalized spacial score (nSPS) is 20.7. The van der Waals surface area contributed by atoms with Gasteiger partial charge < -0.3 is 4.90 Å². The largest absolute Gasteiger partial charge is 0.433 e. The lowest BCUT2D eigenvalue weighted by molar-refractivity contribution is -0.142. The van der Waals surface area contributed by atoms with E-state index in [4.69, 9.17) is 0 Å². The molecule has 0 aliphatic carbocycles. The molecule has 3 aromatic heterocycles. The van der Waals surface area contributed by atoms with E-state index >= 15 is 0 Å². The Morgan fingerprint density at radius 1 is 0.969 bits per heavy atom. The van der Waals surface area contributed by atoms with Crippen LogP contribution in [-0.4, -0.2) is 60.6 Å². The predicted octanol–water partition coefficient (Wildman–Crippen LogP) is 3.30. The van der Waals surface area contributed by atoms with Gasteiger partial charge in [-0.05, 0) is 44.7 Å². The molecule has 0 N–H and O–H groups in total. The average molecular weight is 446 g/mol. The Kier molecular flexibility index (Phi) is 5.66. The molecule has 0 bridgehead atoms. The van der Waals surface area contributed by atoms with Crippen molar-refractivity contribution < 1.29 is 13.2 Å². The third-order valence-electron chi connectivity index (χ3n) is 6.22. The molecule has 2 aliphatic rings. The third-order valence-corrected chi connectivity index (χ3v) is 6.22. The molecule has 170 valence electrons. The van der Waals surface area contributed by atoms with E-state index in [1.807, 2.05) is 12.4 Å². The molecule has 32 heavy (non-hydrogen) atoms. The number of piperidine rings is 2. The van der Waals surface area contributed by atoms with Crippen molar-refractivity contribution in [2.75, 3.05) is 31.1 Å². The zero-order valence-electron chi connectivity index (χ0n) is 17.7. The molecule has 0 amide bonds. The van der Waals surface area contributed by atoms with Crippen molar-refractivity contribution in [2.45, 2.75) is 50.7 Å². The molecule has 1 unspecified atom stereocenters. The van der Waals surface area contributed by atoms with Crippen molar-refractivity contribution in [2.24, 2.45) is 0 Å². The van der Waals surface area contributed by atoms with Crippen molar-refractivity contribution in [1.29, 1.82) is 0 Å². The first-order valence-corrected chi connectivity index (χ1v) is 11.0. The summed E-state index contributed by atoms with van der Waals surface area (Å²) in [4.78, 5) is 21.8. The van der Waals surface area contributed by atoms with E-state index in [1.54, 1.807) is 0 Å². The Bertz CT molecular complexity index is 1060. The first-order valence-electron chi connectivity index (χ1n) is 11.0. The zero-order valence-corrected chi connectivity index (χ0v) is 17.7. The summed E-state index contributed by atoms with van der Waals surface area (Å²) >= 11 is 0. The number of likely N-dealkylation sites (tertiary alicyclic amines) is 1. The summed E-state index contributed by atoms with van der Waals surface area (Å²) in [6.07, 6.45) is 5.58. The highest BCUT2D eigenvalue weighted by molar-refractivity contribution is 5.33. The smallest absolute Gasteiger partial charge is 0.341 e. The molecule has 8 nitrogen and oxygen atoms in total. The minimum atomic E-state index is -4.52. The van der Waals surface area contributed by atoms with Crippen molar-refractivity contribution in [3.8, 4) is 0 Å². The van der Waals surface area contributed by atoms with Gasteiger partial charge in [-0.25, -0.2) is 15.0 Å². The number of fused-ring (bicyclic) bond motifs is 1. The number of aromatic nitrogens is 6. The lowest BCUT2D eigenvalue weighted by atomic mass is 9.94. The van der Waals surface area contributed by atoms with E-state index in [-0.39, 0.29) is 11.7 Å². The second-order valence-corrected chi connectivity index (χ2v) is 8.55. The Hall–Kier alpha value is -2.82. The van der Waals surface area contributed by atoms with Crippen LogP contribution in [0.4, 0.5) is 19.1 Å². The lowest BCUT2D eigenvalue weighted by Crippen LogP contribution is -2.34. The number of hydrogen-bond donors (Lipinski definition) is 0. The average Bonchev–Trinajstić information content (AvgIpc) is 3.28. The van der Waals surface area contributed by atoms with Crippen LogP contribution in [0.3, 0.4) is 0 Å². The molecule has 0 aromatic carbocycles. The molecule has 2 saturated heterocycles. The van der Waals surface area contributed by atoms with Crippen molar-refractivity contribution in [3.05, 3.63) is 41.7 Å². The summed E-state index contributed by atoms with van der Waals surface area (Å²) in [6, 6.07) is 1.12. The fourth-order valence-electron chi connectivity index (χ4n) is 4.63. The van der Waals surface area contributed by atoms with Crippen LogP contribution in [0.2, 0.25) is 0 Å². The topological polar surface area (TPSA) is 75.3 Å². The Balaban J connectivity index is 1.30. The van der Waals surface area contributed by atoms with Crippen LogP contribution >= 0.6 is 0 Å². The summed E-state index contributed by atoms with van der Waals surface area (Å²) in [7, 11) is 0. The summed E-state index contributed by atoms with van der Waals surface area (Å²) in [5.74, 6) is 0.657. The minimum absolute atomic E-state index is 0.0198. The molecule has 0 spiro atoms. The van der Waals surface area contributed by atoms with Gasteiger partial charge >= 0.3 is 6.18 Å². The van der Waals surface area contributed by atoms with Gasteiger partial charge in [0.15, 0.2) is 5.69 Å². The maximum Gasteiger partial charge on any atom is 0.433 e. The number of rotatable bonds is 4. The van der Waals surface area contributed by atoms with Gasteiger partial charge in [-0.15, -0.1) is 0 Å². The van der Waals surface area contributed by atoms with Crippen LogP contribution in [0.25, 0.3) is 5.78 Å². The minimum Gasteiger partial charge on any atom is -0.341 e. The van der Waals surface area contributed by atoms with Crippen LogP contribution in [0.5, 0.6) is 0 Å². The monoisotopic (exact) mass is 446 g/mol. The van der Waals surface area contributed by atoms with Gasteiger partial charge in [-0.1, -0.05) is 0 Å². The maximum atomic E-state index is 13.5. The van der Waals surface area contributed by atoms with Crippen LogP contribution in [0.1, 0.15) is 55.0 Å². The molecular formula is C21H25F3N8. The number of anilines is 1. The molecule has 11 heteroatoms. The molecule has 3 aromatic rings. The quantitative estimate of drug-likeness (QED) is 0.609. The van der Waals surface area contributed by atoms with Gasteiger partial charge in [0.2, 0.25) is 5.95 Å². The Morgan fingerprint density at radius 2 is 1.75 bits per heavy atom.